The van der Waals surface area contributed by atoms with Gasteiger partial charge in [-0.15, -0.1) is 11.3 Å². The first kappa shape index (κ1) is 18.9. The summed E-state index contributed by atoms with van der Waals surface area (Å²) in [6.07, 6.45) is 1.44. The molecule has 1 N–H and O–H groups in total. The number of rotatable bonds is 6. The topological polar surface area (TPSA) is 68.3 Å². The summed E-state index contributed by atoms with van der Waals surface area (Å²) >= 11 is 1.28. The maximum atomic E-state index is 14.8. The van der Waals surface area contributed by atoms with Gasteiger partial charge in [0, 0.05) is 6.20 Å². The maximum Gasteiger partial charge on any atom is 0.379 e. The Morgan fingerprint density at radius 2 is 1.96 bits per heavy atom. The number of hydrogen-bond acceptors (Lipinski definition) is 5. The standard InChI is InChI=1S/C19H16F2N2O3S/c1-2-26-18(25)19(20,21)16(13-6-4-3-5-7-13)23-17(24)14-15-12(8-10-22-14)9-11-27-15/h3-11,16H,2H2,1H3,(H,23,24). The van der Waals surface area contributed by atoms with Crippen molar-refractivity contribution in [2.45, 2.75) is 18.9 Å². The van der Waals surface area contributed by atoms with Crippen LogP contribution in [-0.2, 0) is 9.53 Å². The lowest BCUT2D eigenvalue weighted by atomic mass is 10.00. The van der Waals surface area contributed by atoms with Crippen molar-refractivity contribution in [1.82, 2.24) is 10.3 Å². The van der Waals surface area contributed by atoms with Crippen LogP contribution in [0.5, 0.6) is 0 Å². The molecule has 5 nitrogen and oxygen atoms in total. The van der Waals surface area contributed by atoms with Crippen LogP contribution in [0.25, 0.3) is 10.1 Å². The smallest absolute Gasteiger partial charge is 0.379 e. The number of amides is 1. The van der Waals surface area contributed by atoms with Gasteiger partial charge in [-0.25, -0.2) is 9.78 Å². The van der Waals surface area contributed by atoms with Crippen LogP contribution in [0.2, 0.25) is 0 Å². The summed E-state index contributed by atoms with van der Waals surface area (Å²) in [6, 6.07) is 9.22. The van der Waals surface area contributed by atoms with Gasteiger partial charge in [0.15, 0.2) is 0 Å². The number of nitrogens with zero attached hydrogens (tertiary/aromatic N) is 1. The van der Waals surface area contributed by atoms with Gasteiger partial charge >= 0.3 is 11.9 Å². The van der Waals surface area contributed by atoms with Crippen molar-refractivity contribution < 1.29 is 23.1 Å². The van der Waals surface area contributed by atoms with E-state index in [-0.39, 0.29) is 17.9 Å². The van der Waals surface area contributed by atoms with Crippen LogP contribution < -0.4 is 5.32 Å². The van der Waals surface area contributed by atoms with E-state index >= 15 is 0 Å². The number of carbonyl (C=O) groups is 2. The van der Waals surface area contributed by atoms with Crippen LogP contribution >= 0.6 is 11.3 Å². The number of alkyl halides is 2. The first-order valence-corrected chi connectivity index (χ1v) is 9.06. The second kappa shape index (κ2) is 7.79. The number of benzene rings is 1. The molecule has 0 radical (unpaired) electrons. The SMILES string of the molecule is CCOC(=O)C(F)(F)C(NC(=O)c1nccc2ccsc12)c1ccccc1. The fourth-order valence-corrected chi connectivity index (χ4v) is 3.51. The fraction of sp³-hybridized carbons (Fsp3) is 0.211. The highest BCUT2D eigenvalue weighted by atomic mass is 32.1. The Morgan fingerprint density at radius 3 is 2.67 bits per heavy atom. The van der Waals surface area contributed by atoms with Gasteiger partial charge in [-0.2, -0.15) is 8.78 Å². The third-order valence-electron chi connectivity index (χ3n) is 3.90. The Labute approximate surface area is 158 Å². The van der Waals surface area contributed by atoms with E-state index in [1.165, 1.54) is 36.6 Å². The second-order valence-electron chi connectivity index (χ2n) is 5.66. The van der Waals surface area contributed by atoms with Crippen molar-refractivity contribution in [3.05, 3.63) is 65.3 Å². The molecule has 1 amide bonds. The molecule has 1 aromatic carbocycles. The van der Waals surface area contributed by atoms with E-state index < -0.39 is 23.8 Å². The van der Waals surface area contributed by atoms with Crippen LogP contribution in [0.4, 0.5) is 8.78 Å². The number of pyridine rings is 1. The van der Waals surface area contributed by atoms with Crippen molar-refractivity contribution in [2.75, 3.05) is 6.61 Å². The Bertz CT molecular complexity index is 960. The predicted molar refractivity (Wildman–Crippen MR) is 97.8 cm³/mol. The number of hydrogen-bond donors (Lipinski definition) is 1. The average Bonchev–Trinajstić information content (AvgIpc) is 3.15. The highest BCUT2D eigenvalue weighted by Crippen LogP contribution is 2.33. The largest absolute Gasteiger partial charge is 0.461 e. The van der Waals surface area contributed by atoms with Gasteiger partial charge in [-0.3, -0.25) is 4.79 Å². The van der Waals surface area contributed by atoms with Gasteiger partial charge in [0.25, 0.3) is 5.91 Å². The summed E-state index contributed by atoms with van der Waals surface area (Å²) < 4.78 is 34.6. The molecular weight excluding hydrogens is 374 g/mol. The Kier molecular flexibility index (Phi) is 5.46. The number of aromatic nitrogens is 1. The first-order valence-electron chi connectivity index (χ1n) is 8.18. The molecule has 1 atom stereocenters. The second-order valence-corrected chi connectivity index (χ2v) is 6.58. The van der Waals surface area contributed by atoms with Crippen LogP contribution in [0, 0.1) is 0 Å². The summed E-state index contributed by atoms with van der Waals surface area (Å²) in [5.41, 5.74) is 0.116. The number of ether oxygens (including phenoxy) is 1. The zero-order valence-corrected chi connectivity index (χ0v) is 15.1. The molecule has 3 aromatic rings. The molecule has 2 heterocycles. The molecule has 27 heavy (non-hydrogen) atoms. The molecule has 0 aliphatic heterocycles. The molecule has 1 unspecified atom stereocenters. The minimum atomic E-state index is -3.95. The quantitative estimate of drug-likeness (QED) is 0.647. The van der Waals surface area contributed by atoms with E-state index in [0.717, 1.165) is 5.39 Å². The zero-order chi connectivity index (χ0) is 19.4. The summed E-state index contributed by atoms with van der Waals surface area (Å²) in [6.45, 7) is 1.24. The summed E-state index contributed by atoms with van der Waals surface area (Å²) in [4.78, 5) is 28.6. The van der Waals surface area contributed by atoms with Crippen LogP contribution in [0.15, 0.2) is 54.0 Å². The molecule has 0 saturated heterocycles. The van der Waals surface area contributed by atoms with Crippen molar-refractivity contribution in [3.8, 4) is 0 Å². The molecule has 2 aromatic heterocycles. The third kappa shape index (κ3) is 3.80. The van der Waals surface area contributed by atoms with Crippen molar-refractivity contribution in [3.63, 3.8) is 0 Å². The van der Waals surface area contributed by atoms with E-state index in [1.54, 1.807) is 35.7 Å². The highest BCUT2D eigenvalue weighted by molar-refractivity contribution is 7.17. The molecule has 140 valence electrons. The minimum Gasteiger partial charge on any atom is -0.461 e. The zero-order valence-electron chi connectivity index (χ0n) is 14.3. The van der Waals surface area contributed by atoms with E-state index in [2.05, 4.69) is 15.0 Å². The van der Waals surface area contributed by atoms with Gasteiger partial charge in [0.2, 0.25) is 0 Å². The number of esters is 1. The number of fused-ring (bicyclic) bond motifs is 1. The lowest BCUT2D eigenvalue weighted by Crippen LogP contribution is -2.46. The number of halogens is 2. The highest BCUT2D eigenvalue weighted by Gasteiger charge is 2.50. The van der Waals surface area contributed by atoms with Crippen LogP contribution in [0.3, 0.4) is 0 Å². The van der Waals surface area contributed by atoms with Crippen molar-refractivity contribution in [2.24, 2.45) is 0 Å². The van der Waals surface area contributed by atoms with Gasteiger partial charge < -0.3 is 10.1 Å². The molecule has 0 aliphatic rings. The molecule has 3 rings (SSSR count). The molecule has 0 spiro atoms. The summed E-state index contributed by atoms with van der Waals surface area (Å²) in [7, 11) is 0. The monoisotopic (exact) mass is 390 g/mol. The molecule has 0 fully saturated rings. The Morgan fingerprint density at radius 1 is 1.22 bits per heavy atom. The van der Waals surface area contributed by atoms with E-state index in [0.29, 0.717) is 4.70 Å². The molecule has 0 aliphatic carbocycles. The van der Waals surface area contributed by atoms with Crippen LogP contribution in [0.1, 0.15) is 29.0 Å². The maximum absolute atomic E-state index is 14.8. The molecule has 8 heteroatoms. The molecule has 0 bridgehead atoms. The minimum absolute atomic E-state index is 0.0306. The predicted octanol–water partition coefficient (Wildman–Crippen LogP) is 3.97. The number of nitrogens with one attached hydrogen (secondary N) is 1. The lowest BCUT2D eigenvalue weighted by Gasteiger charge is -2.26. The third-order valence-corrected chi connectivity index (χ3v) is 4.84. The van der Waals surface area contributed by atoms with E-state index in [4.69, 9.17) is 0 Å². The van der Waals surface area contributed by atoms with Crippen molar-refractivity contribution >= 4 is 33.3 Å². The van der Waals surface area contributed by atoms with Gasteiger partial charge in [0.05, 0.1) is 11.3 Å². The van der Waals surface area contributed by atoms with Crippen LogP contribution in [-0.4, -0.2) is 29.4 Å². The molecule has 0 saturated carbocycles. The summed E-state index contributed by atoms with van der Waals surface area (Å²) in [5.74, 6) is -6.43. The number of carbonyl (C=O) groups excluding carboxylic acids is 2. The van der Waals surface area contributed by atoms with Gasteiger partial charge in [-0.05, 0) is 35.4 Å². The fourth-order valence-electron chi connectivity index (χ4n) is 2.63. The van der Waals surface area contributed by atoms with E-state index in [9.17, 15) is 18.4 Å². The average molecular weight is 390 g/mol. The van der Waals surface area contributed by atoms with Crippen molar-refractivity contribution in [1.29, 1.82) is 0 Å². The number of thiophene rings is 1. The van der Waals surface area contributed by atoms with E-state index in [1.807, 2.05) is 0 Å². The Balaban J connectivity index is 1.98. The van der Waals surface area contributed by atoms with Gasteiger partial charge in [0.1, 0.15) is 11.7 Å². The summed E-state index contributed by atoms with van der Waals surface area (Å²) in [5, 5.41) is 4.83. The lowest BCUT2D eigenvalue weighted by molar-refractivity contribution is -0.175. The normalized spacial score (nSPS) is 12.6. The van der Waals surface area contributed by atoms with Gasteiger partial charge in [-0.1, -0.05) is 30.3 Å². The first-order chi connectivity index (χ1) is 12.9. The molecular formula is C19H16F2N2O3S. The Hall–Kier alpha value is -2.87.